The van der Waals surface area contributed by atoms with Crippen molar-refractivity contribution < 1.29 is 22.4 Å². The lowest BCUT2D eigenvalue weighted by molar-refractivity contribution is -0.137. The molecule has 0 unspecified atom stereocenters. The van der Waals surface area contributed by atoms with Crippen LogP contribution in [0.15, 0.2) is 53.5 Å². The minimum absolute atomic E-state index is 0.0772. The first-order valence-electron chi connectivity index (χ1n) is 8.05. The van der Waals surface area contributed by atoms with Crippen LogP contribution in [0.25, 0.3) is 0 Å². The summed E-state index contributed by atoms with van der Waals surface area (Å²) in [7, 11) is 0. The van der Waals surface area contributed by atoms with Crippen LogP contribution in [-0.2, 0) is 11.0 Å². The van der Waals surface area contributed by atoms with Crippen molar-refractivity contribution in [1.82, 2.24) is 5.43 Å². The van der Waals surface area contributed by atoms with E-state index >= 15 is 0 Å². The molecule has 0 aliphatic heterocycles. The van der Waals surface area contributed by atoms with Gasteiger partial charge in [0.25, 0.3) is 0 Å². The Morgan fingerprint density at radius 1 is 0.926 bits per heavy atom. The molecule has 0 aromatic heterocycles. The summed E-state index contributed by atoms with van der Waals surface area (Å²) in [6, 6.07) is 9.54. The van der Waals surface area contributed by atoms with E-state index in [-0.39, 0.29) is 17.3 Å². The first kappa shape index (κ1) is 20.4. The average molecular weight is 381 g/mol. The molecule has 2 aromatic carbocycles. The van der Waals surface area contributed by atoms with Crippen LogP contribution in [-0.4, -0.2) is 11.6 Å². The van der Waals surface area contributed by atoms with E-state index in [1.807, 2.05) is 0 Å². The molecule has 0 saturated carbocycles. The number of ketones is 1. The van der Waals surface area contributed by atoms with E-state index in [0.717, 1.165) is 12.1 Å². The first-order valence-corrected chi connectivity index (χ1v) is 8.05. The predicted molar refractivity (Wildman–Crippen MR) is 96.2 cm³/mol. The third kappa shape index (κ3) is 5.80. The number of nitrogens with zero attached hydrogens (tertiary/aromatic N) is 1. The molecule has 0 radical (unpaired) electrons. The number of carbonyl (C=O) groups is 1. The Morgan fingerprint density at radius 2 is 1.48 bits per heavy atom. The van der Waals surface area contributed by atoms with Crippen molar-refractivity contribution >= 4 is 23.0 Å². The maximum atomic E-state index is 13.0. The van der Waals surface area contributed by atoms with Gasteiger partial charge in [0.2, 0.25) is 5.78 Å². The molecule has 2 N–H and O–H groups in total. The molecule has 0 atom stereocenters. The zero-order valence-electron chi connectivity index (χ0n) is 15.0. The van der Waals surface area contributed by atoms with Crippen LogP contribution in [0.2, 0.25) is 0 Å². The van der Waals surface area contributed by atoms with Gasteiger partial charge in [-0.2, -0.15) is 13.2 Å². The minimum atomic E-state index is -4.45. The lowest BCUT2D eigenvalue weighted by Crippen LogP contribution is -2.41. The Bertz CT molecular complexity index is 820. The van der Waals surface area contributed by atoms with Gasteiger partial charge in [0.15, 0.2) is 5.84 Å². The second-order valence-electron chi connectivity index (χ2n) is 6.84. The average Bonchev–Trinajstić information content (AvgIpc) is 2.58. The molecule has 0 heterocycles. The van der Waals surface area contributed by atoms with Crippen LogP contribution in [0.5, 0.6) is 0 Å². The van der Waals surface area contributed by atoms with Gasteiger partial charge in [-0.05, 0) is 48.5 Å². The molecule has 0 saturated heterocycles. The zero-order valence-corrected chi connectivity index (χ0v) is 15.0. The highest BCUT2D eigenvalue weighted by Crippen LogP contribution is 2.30. The third-order valence-corrected chi connectivity index (χ3v) is 3.50. The number of halogens is 4. The molecule has 8 heteroatoms. The van der Waals surface area contributed by atoms with Gasteiger partial charge in [-0.25, -0.2) is 9.38 Å². The smallest absolute Gasteiger partial charge is 0.300 e. The molecule has 144 valence electrons. The molecule has 4 nitrogen and oxygen atoms in total. The molecule has 0 spiro atoms. The van der Waals surface area contributed by atoms with Crippen LogP contribution in [0, 0.1) is 11.2 Å². The number of hydrogen-bond acceptors (Lipinski definition) is 3. The molecule has 2 rings (SSSR count). The minimum Gasteiger partial charge on any atom is -0.300 e. The van der Waals surface area contributed by atoms with Gasteiger partial charge in [-0.3, -0.25) is 15.6 Å². The molecule has 0 fully saturated rings. The van der Waals surface area contributed by atoms with Crippen molar-refractivity contribution in [2.24, 2.45) is 10.4 Å². The molecular weight excluding hydrogens is 362 g/mol. The van der Waals surface area contributed by atoms with Crippen molar-refractivity contribution in [1.29, 1.82) is 0 Å². The summed E-state index contributed by atoms with van der Waals surface area (Å²) in [6.45, 7) is 5.07. The van der Waals surface area contributed by atoms with Crippen molar-refractivity contribution in [3.63, 3.8) is 0 Å². The number of nitrogens with one attached hydrogen (secondary N) is 2. The van der Waals surface area contributed by atoms with Crippen molar-refractivity contribution in [3.05, 3.63) is 59.9 Å². The Kier molecular flexibility index (Phi) is 5.88. The van der Waals surface area contributed by atoms with Gasteiger partial charge in [-0.1, -0.05) is 20.8 Å². The van der Waals surface area contributed by atoms with Gasteiger partial charge < -0.3 is 0 Å². The standard InChI is InChI=1S/C19H19F4N3O/c1-18(2,3)16(27)17(26-25-15-10-6-13(20)7-11-15)24-14-8-4-12(5-9-14)19(21,22)23/h4-11,25H,1-3H3,(H,24,26). The SMILES string of the molecule is CC(C)(C)C(=O)C(=Nc1ccc(C(F)(F)F)cc1)NNc1ccc(F)cc1. The van der Waals surface area contributed by atoms with Crippen molar-refractivity contribution in [2.45, 2.75) is 26.9 Å². The highest BCUT2D eigenvalue weighted by Gasteiger charge is 2.30. The van der Waals surface area contributed by atoms with Crippen LogP contribution in [0.1, 0.15) is 26.3 Å². The summed E-state index contributed by atoms with van der Waals surface area (Å²) in [5.74, 6) is -0.839. The molecule has 0 bridgehead atoms. The molecule has 2 aromatic rings. The number of carbonyl (C=O) groups excluding carboxylic acids is 1. The second-order valence-corrected chi connectivity index (χ2v) is 6.84. The normalized spacial score (nSPS) is 12.6. The van der Waals surface area contributed by atoms with E-state index in [0.29, 0.717) is 5.69 Å². The second kappa shape index (κ2) is 7.77. The summed E-state index contributed by atoms with van der Waals surface area (Å²) < 4.78 is 51.0. The van der Waals surface area contributed by atoms with Gasteiger partial charge in [-0.15, -0.1) is 0 Å². The lowest BCUT2D eigenvalue weighted by Gasteiger charge is -2.20. The van der Waals surface area contributed by atoms with Crippen LogP contribution >= 0.6 is 0 Å². The molecule has 0 aliphatic carbocycles. The quantitative estimate of drug-likeness (QED) is 0.335. The van der Waals surface area contributed by atoms with E-state index in [1.165, 1.54) is 36.4 Å². The largest absolute Gasteiger partial charge is 0.416 e. The highest BCUT2D eigenvalue weighted by atomic mass is 19.4. The maximum absolute atomic E-state index is 13.0. The Hall–Kier alpha value is -2.90. The first-order chi connectivity index (χ1) is 12.5. The Balaban J connectivity index is 2.27. The van der Waals surface area contributed by atoms with Crippen LogP contribution < -0.4 is 10.9 Å². The Labute approximate surface area is 154 Å². The fraction of sp³-hybridized carbons (Fsp3) is 0.263. The number of benzene rings is 2. The number of aliphatic imine (C=N–C) groups is 1. The number of alkyl halides is 3. The van der Waals surface area contributed by atoms with E-state index in [1.54, 1.807) is 20.8 Å². The van der Waals surface area contributed by atoms with E-state index in [2.05, 4.69) is 15.8 Å². The molecule has 0 amide bonds. The van der Waals surface area contributed by atoms with Gasteiger partial charge in [0.1, 0.15) is 5.82 Å². The van der Waals surface area contributed by atoms with Crippen LogP contribution in [0.4, 0.5) is 28.9 Å². The fourth-order valence-electron chi connectivity index (χ4n) is 2.01. The molecule has 27 heavy (non-hydrogen) atoms. The van der Waals surface area contributed by atoms with E-state index in [4.69, 9.17) is 0 Å². The maximum Gasteiger partial charge on any atom is 0.416 e. The molecular formula is C19H19F4N3O. The van der Waals surface area contributed by atoms with Gasteiger partial charge in [0, 0.05) is 5.41 Å². The summed E-state index contributed by atoms with van der Waals surface area (Å²) in [5.41, 5.74) is 4.48. The fourth-order valence-corrected chi connectivity index (χ4v) is 2.01. The summed E-state index contributed by atoms with van der Waals surface area (Å²) >= 11 is 0. The van der Waals surface area contributed by atoms with Crippen molar-refractivity contribution in [3.8, 4) is 0 Å². The zero-order chi connectivity index (χ0) is 20.2. The van der Waals surface area contributed by atoms with Crippen LogP contribution in [0.3, 0.4) is 0 Å². The number of Topliss-reactive ketones (excluding diaryl/α,β-unsaturated/α-hetero) is 1. The lowest BCUT2D eigenvalue weighted by atomic mass is 9.90. The third-order valence-electron chi connectivity index (χ3n) is 3.50. The van der Waals surface area contributed by atoms with E-state index in [9.17, 15) is 22.4 Å². The topological polar surface area (TPSA) is 53.5 Å². The molecule has 0 aliphatic rings. The number of hydrogen-bond donors (Lipinski definition) is 2. The predicted octanol–water partition coefficient (Wildman–Crippen LogP) is 5.11. The summed E-state index contributed by atoms with van der Waals surface area (Å²) in [6.07, 6.45) is -4.45. The number of rotatable bonds is 4. The van der Waals surface area contributed by atoms with E-state index < -0.39 is 23.0 Å². The Morgan fingerprint density at radius 3 is 1.96 bits per heavy atom. The van der Waals surface area contributed by atoms with Gasteiger partial charge >= 0.3 is 6.18 Å². The monoisotopic (exact) mass is 381 g/mol. The highest BCUT2D eigenvalue weighted by molar-refractivity contribution is 6.41. The number of hydrazine groups is 1. The van der Waals surface area contributed by atoms with Gasteiger partial charge in [0.05, 0.1) is 16.9 Å². The number of anilines is 1. The number of amidine groups is 1. The summed E-state index contributed by atoms with van der Waals surface area (Å²) in [5, 5.41) is 0. The van der Waals surface area contributed by atoms with Crippen molar-refractivity contribution in [2.75, 3.05) is 5.43 Å². The summed E-state index contributed by atoms with van der Waals surface area (Å²) in [4.78, 5) is 16.7.